The number of thioether (sulfide) groups is 1. The van der Waals surface area contributed by atoms with Gasteiger partial charge in [0.15, 0.2) is 5.78 Å². The van der Waals surface area contributed by atoms with Gasteiger partial charge in [0.05, 0.1) is 0 Å². The van der Waals surface area contributed by atoms with Crippen molar-refractivity contribution >= 4 is 17.5 Å². The van der Waals surface area contributed by atoms with Crippen LogP contribution in [0.5, 0.6) is 11.5 Å². The zero-order chi connectivity index (χ0) is 21.6. The monoisotopic (exact) mass is 433 g/mol. The first-order valence-electron chi connectivity index (χ1n) is 10.7. The average Bonchev–Trinajstić information content (AvgIpc) is 2.80. The van der Waals surface area contributed by atoms with Crippen LogP contribution in [0.2, 0.25) is 0 Å². The molecule has 1 aliphatic heterocycles. The highest BCUT2D eigenvalue weighted by Crippen LogP contribution is 2.31. The summed E-state index contributed by atoms with van der Waals surface area (Å²) < 4.78 is 0. The summed E-state index contributed by atoms with van der Waals surface area (Å²) in [5.41, 5.74) is 2.55. The van der Waals surface area contributed by atoms with E-state index < -0.39 is 0 Å². The van der Waals surface area contributed by atoms with Crippen molar-refractivity contribution in [2.24, 2.45) is 0 Å². The third kappa shape index (κ3) is 5.49. The molecule has 31 heavy (non-hydrogen) atoms. The summed E-state index contributed by atoms with van der Waals surface area (Å²) in [5, 5.41) is 19.5. The van der Waals surface area contributed by atoms with Crippen molar-refractivity contribution in [2.45, 2.75) is 24.2 Å². The van der Waals surface area contributed by atoms with Gasteiger partial charge in [0.25, 0.3) is 0 Å². The van der Waals surface area contributed by atoms with Crippen LogP contribution in [0.25, 0.3) is 11.1 Å². The molecular formula is C26H27NO3S. The van der Waals surface area contributed by atoms with E-state index in [-0.39, 0.29) is 17.3 Å². The maximum absolute atomic E-state index is 13.2. The second-order valence-corrected chi connectivity index (χ2v) is 9.05. The maximum atomic E-state index is 13.2. The van der Waals surface area contributed by atoms with Crippen LogP contribution in [0, 0.1) is 0 Å². The van der Waals surface area contributed by atoms with Gasteiger partial charge >= 0.3 is 0 Å². The molecule has 1 fully saturated rings. The molecule has 0 saturated carbocycles. The summed E-state index contributed by atoms with van der Waals surface area (Å²) in [7, 11) is 0. The van der Waals surface area contributed by atoms with Crippen LogP contribution in [0.4, 0.5) is 0 Å². The number of hydrogen-bond donors (Lipinski definition) is 2. The first kappa shape index (κ1) is 21.5. The van der Waals surface area contributed by atoms with Crippen molar-refractivity contribution < 1.29 is 15.0 Å². The molecule has 0 atom stereocenters. The fourth-order valence-corrected chi connectivity index (χ4v) is 4.86. The molecule has 1 saturated heterocycles. The molecule has 2 N–H and O–H groups in total. The van der Waals surface area contributed by atoms with E-state index in [1.807, 2.05) is 36.0 Å². The number of phenols is 2. The van der Waals surface area contributed by atoms with Crippen LogP contribution >= 0.6 is 11.8 Å². The number of piperidine rings is 1. The van der Waals surface area contributed by atoms with Gasteiger partial charge in [0.2, 0.25) is 0 Å². The Bertz CT molecular complexity index is 1030. The minimum atomic E-state index is -0.0899. The number of aromatic hydroxyl groups is 2. The number of carbonyl (C=O) groups excluding carboxylic acids is 1. The highest BCUT2D eigenvalue weighted by Gasteiger charge is 2.16. The van der Waals surface area contributed by atoms with E-state index in [1.165, 1.54) is 38.4 Å². The minimum Gasteiger partial charge on any atom is -0.508 e. The highest BCUT2D eigenvalue weighted by atomic mass is 32.2. The largest absolute Gasteiger partial charge is 0.508 e. The van der Waals surface area contributed by atoms with E-state index in [9.17, 15) is 15.0 Å². The Balaban J connectivity index is 1.46. The average molecular weight is 434 g/mol. The van der Waals surface area contributed by atoms with Crippen LogP contribution < -0.4 is 0 Å². The van der Waals surface area contributed by atoms with Gasteiger partial charge in [-0.3, -0.25) is 4.79 Å². The Labute approximate surface area is 187 Å². The normalized spacial score (nSPS) is 14.5. The number of nitrogens with zero attached hydrogens (tertiary/aromatic N) is 1. The van der Waals surface area contributed by atoms with Crippen LogP contribution in [0.15, 0.2) is 71.6 Å². The van der Waals surface area contributed by atoms with Gasteiger partial charge < -0.3 is 15.1 Å². The van der Waals surface area contributed by atoms with Crippen molar-refractivity contribution in [2.75, 3.05) is 25.4 Å². The van der Waals surface area contributed by atoms with E-state index in [0.717, 1.165) is 22.8 Å². The first-order chi connectivity index (χ1) is 15.1. The Morgan fingerprint density at radius 1 is 0.839 bits per heavy atom. The standard InChI is InChI=1S/C26H27NO3S/c28-21-8-4-19(5-9-21)25-18-22(29)10-13-24(25)26(30)20-6-11-23(12-7-20)31-17-16-27-14-2-1-3-15-27/h4-13,18,28-29H,1-3,14-17H2. The second kappa shape index (κ2) is 10.0. The SMILES string of the molecule is O=C(c1ccc(SCCN2CCCCC2)cc1)c1ccc(O)cc1-c1ccc(O)cc1. The summed E-state index contributed by atoms with van der Waals surface area (Å²) in [6, 6.07) is 19.2. The molecule has 5 heteroatoms. The second-order valence-electron chi connectivity index (χ2n) is 7.88. The Morgan fingerprint density at radius 3 is 2.23 bits per heavy atom. The van der Waals surface area contributed by atoms with Crippen LogP contribution in [0.1, 0.15) is 35.2 Å². The van der Waals surface area contributed by atoms with E-state index in [1.54, 1.807) is 36.4 Å². The first-order valence-corrected chi connectivity index (χ1v) is 11.7. The van der Waals surface area contributed by atoms with Crippen molar-refractivity contribution in [1.29, 1.82) is 0 Å². The quantitative estimate of drug-likeness (QED) is 0.377. The molecule has 4 nitrogen and oxygen atoms in total. The fraction of sp³-hybridized carbons (Fsp3) is 0.269. The number of carbonyl (C=O) groups is 1. The zero-order valence-corrected chi connectivity index (χ0v) is 18.3. The molecule has 0 radical (unpaired) electrons. The summed E-state index contributed by atoms with van der Waals surface area (Å²) in [5.74, 6) is 1.22. The molecule has 4 rings (SSSR count). The molecule has 0 aliphatic carbocycles. The Morgan fingerprint density at radius 2 is 1.52 bits per heavy atom. The van der Waals surface area contributed by atoms with Crippen LogP contribution in [-0.4, -0.2) is 46.3 Å². The van der Waals surface area contributed by atoms with Gasteiger partial charge in [-0.05, 0) is 91.7 Å². The van der Waals surface area contributed by atoms with E-state index >= 15 is 0 Å². The maximum Gasteiger partial charge on any atom is 0.193 e. The predicted molar refractivity (Wildman–Crippen MR) is 126 cm³/mol. The molecule has 1 heterocycles. The van der Waals surface area contributed by atoms with Crippen molar-refractivity contribution in [3.8, 4) is 22.6 Å². The van der Waals surface area contributed by atoms with Crippen molar-refractivity contribution in [1.82, 2.24) is 4.90 Å². The summed E-state index contributed by atoms with van der Waals surface area (Å²) in [6.07, 6.45) is 3.98. The van der Waals surface area contributed by atoms with Gasteiger partial charge in [0, 0.05) is 28.3 Å². The number of rotatable bonds is 7. The van der Waals surface area contributed by atoms with E-state index in [4.69, 9.17) is 0 Å². The van der Waals surface area contributed by atoms with Crippen molar-refractivity contribution in [3.63, 3.8) is 0 Å². The summed E-state index contributed by atoms with van der Waals surface area (Å²) >= 11 is 1.82. The molecule has 0 aromatic heterocycles. The molecule has 3 aromatic rings. The van der Waals surface area contributed by atoms with E-state index in [0.29, 0.717) is 16.7 Å². The molecule has 3 aromatic carbocycles. The summed E-state index contributed by atoms with van der Waals surface area (Å²) in [6.45, 7) is 3.53. The molecular weight excluding hydrogens is 406 g/mol. The molecule has 1 aliphatic rings. The smallest absolute Gasteiger partial charge is 0.193 e. The lowest BCUT2D eigenvalue weighted by Crippen LogP contribution is -2.31. The lowest BCUT2D eigenvalue weighted by molar-refractivity contribution is 0.103. The number of hydrogen-bond acceptors (Lipinski definition) is 5. The van der Waals surface area contributed by atoms with Gasteiger partial charge in [-0.1, -0.05) is 18.6 Å². The summed E-state index contributed by atoms with van der Waals surface area (Å²) in [4.78, 5) is 16.9. The lowest BCUT2D eigenvalue weighted by atomic mass is 9.93. The minimum absolute atomic E-state index is 0.0899. The van der Waals surface area contributed by atoms with Gasteiger partial charge in [-0.15, -0.1) is 11.8 Å². The fourth-order valence-electron chi connectivity index (χ4n) is 3.94. The van der Waals surface area contributed by atoms with Gasteiger partial charge in [-0.2, -0.15) is 0 Å². The number of ketones is 1. The molecule has 0 unspecified atom stereocenters. The van der Waals surface area contributed by atoms with Gasteiger partial charge in [-0.25, -0.2) is 0 Å². The third-order valence-electron chi connectivity index (χ3n) is 5.67. The van der Waals surface area contributed by atoms with Crippen LogP contribution in [0.3, 0.4) is 0 Å². The van der Waals surface area contributed by atoms with Gasteiger partial charge in [0.1, 0.15) is 11.5 Å². The number of benzene rings is 3. The Hall–Kier alpha value is -2.76. The third-order valence-corrected chi connectivity index (χ3v) is 6.66. The van der Waals surface area contributed by atoms with Crippen molar-refractivity contribution in [3.05, 3.63) is 77.9 Å². The number of likely N-dealkylation sites (tertiary alicyclic amines) is 1. The molecule has 0 spiro atoms. The molecule has 160 valence electrons. The molecule has 0 amide bonds. The topological polar surface area (TPSA) is 60.8 Å². The zero-order valence-electron chi connectivity index (χ0n) is 17.5. The number of phenolic OH excluding ortho intramolecular Hbond substituents is 2. The van der Waals surface area contributed by atoms with Crippen LogP contribution in [-0.2, 0) is 0 Å². The lowest BCUT2D eigenvalue weighted by Gasteiger charge is -2.26. The highest BCUT2D eigenvalue weighted by molar-refractivity contribution is 7.99. The Kier molecular flexibility index (Phi) is 6.95. The van der Waals surface area contributed by atoms with E-state index in [2.05, 4.69) is 4.90 Å². The predicted octanol–water partition coefficient (Wildman–Crippen LogP) is 5.57. The molecule has 0 bridgehead atoms.